The summed E-state index contributed by atoms with van der Waals surface area (Å²) in [6.07, 6.45) is -3.37. The van der Waals surface area contributed by atoms with Crippen molar-refractivity contribution in [2.75, 3.05) is 0 Å². The molecule has 1 rings (SSSR count). The second kappa shape index (κ2) is 13.6. The highest BCUT2D eigenvalue weighted by atomic mass is 16.4. The van der Waals surface area contributed by atoms with Crippen molar-refractivity contribution < 1.29 is 49.2 Å². The van der Waals surface area contributed by atoms with Crippen molar-refractivity contribution in [2.45, 2.75) is 56.5 Å². The van der Waals surface area contributed by atoms with Crippen LogP contribution in [0.4, 0.5) is 0 Å². The fraction of sp³-hybridized carbons (Fsp3) is 0.429. The van der Waals surface area contributed by atoms with Crippen LogP contribution >= 0.6 is 0 Å². The lowest BCUT2D eigenvalue weighted by atomic mass is 10.0. The van der Waals surface area contributed by atoms with Gasteiger partial charge < -0.3 is 42.1 Å². The summed E-state index contributed by atoms with van der Waals surface area (Å²) in [5.74, 6) is -7.66. The molecule has 0 aliphatic heterocycles. The molecule has 14 nitrogen and oxygen atoms in total. The van der Waals surface area contributed by atoms with E-state index in [0.29, 0.717) is 5.56 Å². The Labute approximate surface area is 199 Å². The van der Waals surface area contributed by atoms with Crippen molar-refractivity contribution >= 4 is 35.6 Å². The van der Waals surface area contributed by atoms with Crippen molar-refractivity contribution in [2.24, 2.45) is 5.73 Å². The van der Waals surface area contributed by atoms with Gasteiger partial charge in [0.15, 0.2) is 0 Å². The van der Waals surface area contributed by atoms with Gasteiger partial charge in [-0.2, -0.15) is 0 Å². The smallest absolute Gasteiger partial charge is 0.326 e. The number of carbonyl (C=O) groups is 6. The molecule has 0 fully saturated rings. The molecular weight excluding hydrogens is 468 g/mol. The van der Waals surface area contributed by atoms with Crippen LogP contribution in [0, 0.1) is 0 Å². The number of nitrogens with two attached hydrogens (primary N) is 1. The Balaban J connectivity index is 2.98. The normalized spacial score (nSPS) is 14.9. The van der Waals surface area contributed by atoms with Crippen molar-refractivity contribution in [1.82, 2.24) is 16.0 Å². The van der Waals surface area contributed by atoms with Crippen LogP contribution in [0.2, 0.25) is 0 Å². The lowest BCUT2D eigenvalue weighted by Crippen LogP contribution is -2.60. The lowest BCUT2D eigenvalue weighted by molar-refractivity contribution is -0.143. The number of amides is 3. The van der Waals surface area contributed by atoms with E-state index >= 15 is 0 Å². The zero-order valence-electron chi connectivity index (χ0n) is 18.7. The maximum Gasteiger partial charge on any atom is 0.326 e. The number of aliphatic carboxylic acids is 3. The number of aliphatic hydroxyl groups excluding tert-OH is 1. The Hall–Kier alpha value is -4.04. The van der Waals surface area contributed by atoms with Crippen molar-refractivity contribution in [3.05, 3.63) is 35.9 Å². The first-order valence-electron chi connectivity index (χ1n) is 10.4. The molecule has 0 aliphatic rings. The third-order valence-electron chi connectivity index (χ3n) is 4.70. The molecule has 0 aliphatic carbocycles. The number of rotatable bonds is 14. The third kappa shape index (κ3) is 10.2. The summed E-state index contributed by atoms with van der Waals surface area (Å²) in [5, 5.41) is 43.5. The fourth-order valence-electron chi connectivity index (χ4n) is 2.91. The highest BCUT2D eigenvalue weighted by molar-refractivity contribution is 5.96. The minimum atomic E-state index is -1.76. The molecular formula is C21H28N4O10. The largest absolute Gasteiger partial charge is 0.481 e. The summed E-state index contributed by atoms with van der Waals surface area (Å²) in [7, 11) is 0. The van der Waals surface area contributed by atoms with Gasteiger partial charge in [-0.1, -0.05) is 30.3 Å². The first-order valence-corrected chi connectivity index (χ1v) is 10.4. The minimum Gasteiger partial charge on any atom is -0.481 e. The molecule has 0 saturated carbocycles. The predicted molar refractivity (Wildman–Crippen MR) is 118 cm³/mol. The van der Waals surface area contributed by atoms with Gasteiger partial charge in [-0.3, -0.25) is 24.0 Å². The van der Waals surface area contributed by atoms with Crippen LogP contribution in [0.1, 0.15) is 25.3 Å². The number of benzene rings is 1. The summed E-state index contributed by atoms with van der Waals surface area (Å²) in [4.78, 5) is 70.9. The third-order valence-corrected chi connectivity index (χ3v) is 4.70. The van der Waals surface area contributed by atoms with Crippen molar-refractivity contribution in [3.8, 4) is 0 Å². The van der Waals surface area contributed by atoms with E-state index in [1.54, 1.807) is 30.3 Å². The number of hydrogen-bond acceptors (Lipinski definition) is 8. The second-order valence-electron chi connectivity index (χ2n) is 7.68. The first kappa shape index (κ1) is 29.0. The van der Waals surface area contributed by atoms with Crippen LogP contribution in [-0.4, -0.2) is 86.3 Å². The van der Waals surface area contributed by atoms with Crippen LogP contribution in [0.15, 0.2) is 30.3 Å². The number of carbonyl (C=O) groups excluding carboxylic acids is 3. The van der Waals surface area contributed by atoms with Crippen LogP contribution < -0.4 is 21.7 Å². The zero-order chi connectivity index (χ0) is 26.7. The molecule has 0 spiro atoms. The second-order valence-corrected chi connectivity index (χ2v) is 7.68. The molecule has 0 aromatic heterocycles. The van der Waals surface area contributed by atoms with Gasteiger partial charge in [0.1, 0.15) is 18.1 Å². The topological polar surface area (TPSA) is 245 Å². The molecule has 1 aromatic carbocycles. The van der Waals surface area contributed by atoms with Crippen LogP contribution in [0.25, 0.3) is 0 Å². The molecule has 0 bridgehead atoms. The summed E-state index contributed by atoms with van der Waals surface area (Å²) >= 11 is 0. The van der Waals surface area contributed by atoms with Gasteiger partial charge in [-0.15, -0.1) is 0 Å². The van der Waals surface area contributed by atoms with Gasteiger partial charge in [0, 0.05) is 6.42 Å². The van der Waals surface area contributed by atoms with Crippen LogP contribution in [0.3, 0.4) is 0 Å². The Morgan fingerprint density at radius 1 is 0.800 bits per heavy atom. The zero-order valence-corrected chi connectivity index (χ0v) is 18.7. The minimum absolute atomic E-state index is 0.122. The number of carboxylic acid groups (broad SMARTS) is 3. The number of hydrogen-bond donors (Lipinski definition) is 8. The molecule has 5 atom stereocenters. The molecule has 1 aromatic rings. The molecule has 9 N–H and O–H groups in total. The van der Waals surface area contributed by atoms with Gasteiger partial charge >= 0.3 is 17.9 Å². The Kier molecular flexibility index (Phi) is 11.3. The highest BCUT2D eigenvalue weighted by Crippen LogP contribution is 2.06. The van der Waals surface area contributed by atoms with E-state index in [9.17, 15) is 39.0 Å². The van der Waals surface area contributed by atoms with Crippen LogP contribution in [0.5, 0.6) is 0 Å². The van der Waals surface area contributed by atoms with Gasteiger partial charge in [0.2, 0.25) is 17.7 Å². The Bertz CT molecular complexity index is 937. The van der Waals surface area contributed by atoms with Gasteiger partial charge in [-0.05, 0) is 12.5 Å². The van der Waals surface area contributed by atoms with Crippen LogP contribution in [-0.2, 0) is 35.2 Å². The Morgan fingerprint density at radius 2 is 1.34 bits per heavy atom. The summed E-state index contributed by atoms with van der Waals surface area (Å²) in [5.41, 5.74) is 6.00. The van der Waals surface area contributed by atoms with E-state index in [0.717, 1.165) is 6.92 Å². The molecule has 3 amide bonds. The highest BCUT2D eigenvalue weighted by Gasteiger charge is 2.33. The molecule has 14 heteroatoms. The van der Waals surface area contributed by atoms with E-state index in [2.05, 4.69) is 10.6 Å². The molecule has 0 radical (unpaired) electrons. The number of carboxylic acids is 3. The maximum atomic E-state index is 12.7. The standard InChI is InChI=1S/C21H28N4O10/c1-10(26)17(25-18(31)12(22)8-15(27)28)20(33)23-13(9-16(29)30)19(32)24-14(21(34)35)7-11-5-3-2-4-6-11/h2-6,10,12-14,17,26H,7-9,22H2,1H3,(H,23,33)(H,24,32)(H,25,31)(H,27,28)(H,29,30)(H,34,35)/t10-,12+,13+,14+,17+/m1/s1. The lowest BCUT2D eigenvalue weighted by Gasteiger charge is -2.25. The molecule has 0 heterocycles. The van der Waals surface area contributed by atoms with Crippen molar-refractivity contribution in [3.63, 3.8) is 0 Å². The van der Waals surface area contributed by atoms with E-state index in [1.807, 2.05) is 5.32 Å². The van der Waals surface area contributed by atoms with Gasteiger partial charge in [-0.25, -0.2) is 4.79 Å². The fourth-order valence-corrected chi connectivity index (χ4v) is 2.91. The SMILES string of the molecule is C[C@@H](O)[C@H](NC(=O)[C@@H](N)CC(=O)O)C(=O)N[C@@H](CC(=O)O)C(=O)N[C@@H](Cc1ccccc1)C(=O)O. The van der Waals surface area contributed by atoms with E-state index in [4.69, 9.17) is 15.9 Å². The maximum absolute atomic E-state index is 12.7. The summed E-state index contributed by atoms with van der Waals surface area (Å²) in [6, 6.07) is 1.82. The molecule has 0 unspecified atom stereocenters. The number of aliphatic hydroxyl groups is 1. The quantitative estimate of drug-likeness (QED) is 0.133. The summed E-state index contributed by atoms with van der Waals surface area (Å²) < 4.78 is 0. The van der Waals surface area contributed by atoms with Crippen molar-refractivity contribution in [1.29, 1.82) is 0 Å². The molecule has 192 valence electrons. The average Bonchev–Trinajstić information content (AvgIpc) is 2.75. The molecule has 35 heavy (non-hydrogen) atoms. The van der Waals surface area contributed by atoms with Gasteiger partial charge in [0.05, 0.1) is 25.0 Å². The molecule has 0 saturated heterocycles. The average molecular weight is 496 g/mol. The predicted octanol–water partition coefficient (Wildman–Crippen LogP) is -2.57. The van der Waals surface area contributed by atoms with E-state index in [1.165, 1.54) is 0 Å². The number of nitrogens with one attached hydrogen (secondary N) is 3. The summed E-state index contributed by atoms with van der Waals surface area (Å²) in [6.45, 7) is 1.11. The van der Waals surface area contributed by atoms with Gasteiger partial charge in [0.25, 0.3) is 0 Å². The Morgan fingerprint density at radius 3 is 1.83 bits per heavy atom. The van der Waals surface area contributed by atoms with E-state index < -0.39 is 78.7 Å². The van der Waals surface area contributed by atoms with E-state index in [-0.39, 0.29) is 6.42 Å². The monoisotopic (exact) mass is 496 g/mol. The first-order chi connectivity index (χ1) is 16.3.